The molecule has 0 bridgehead atoms. The first-order chi connectivity index (χ1) is 12.0. The molecule has 132 valence electrons. The van der Waals surface area contributed by atoms with Crippen LogP contribution in [0.5, 0.6) is 23.5 Å². The predicted octanol–water partition coefficient (Wildman–Crippen LogP) is 2.35. The fourth-order valence-electron chi connectivity index (χ4n) is 2.06. The lowest BCUT2D eigenvalue weighted by molar-refractivity contribution is 0.0693. The first kappa shape index (κ1) is 18.0. The number of hydrogen-bond acceptors (Lipinski definition) is 8. The Balaban J connectivity index is 2.51. The quantitative estimate of drug-likeness (QED) is 0.600. The monoisotopic (exact) mass is 347 g/mol. The Morgan fingerprint density at radius 1 is 1.12 bits per heavy atom. The van der Waals surface area contributed by atoms with Crippen LogP contribution in [0, 0.1) is 0 Å². The van der Waals surface area contributed by atoms with Gasteiger partial charge >= 0.3 is 12.0 Å². The molecule has 0 spiro atoms. The topological polar surface area (TPSA) is 112 Å². The Labute approximate surface area is 143 Å². The summed E-state index contributed by atoms with van der Waals surface area (Å²) in [6.45, 7) is 1.63. The van der Waals surface area contributed by atoms with E-state index in [1.165, 1.54) is 33.5 Å². The first-order valence-corrected chi connectivity index (χ1v) is 7.09. The largest absolute Gasteiger partial charge is 0.481 e. The molecular weight excluding hydrogens is 330 g/mol. The average Bonchev–Trinajstić information content (AvgIpc) is 2.61. The average molecular weight is 347 g/mol. The van der Waals surface area contributed by atoms with Gasteiger partial charge in [-0.2, -0.15) is 9.97 Å². The molecule has 0 saturated heterocycles. The van der Waals surface area contributed by atoms with Gasteiger partial charge in [0.1, 0.15) is 18.4 Å². The zero-order chi connectivity index (χ0) is 18.4. The molecule has 0 aliphatic carbocycles. The fraction of sp³-hybridized carbons (Fsp3) is 0.250. The Hall–Kier alpha value is -3.36. The van der Waals surface area contributed by atoms with E-state index < -0.39 is 5.97 Å². The van der Waals surface area contributed by atoms with Gasteiger partial charge in [-0.05, 0) is 13.0 Å². The van der Waals surface area contributed by atoms with Gasteiger partial charge in [-0.1, -0.05) is 17.3 Å². The second-order valence-corrected chi connectivity index (χ2v) is 4.68. The predicted molar refractivity (Wildman–Crippen MR) is 87.8 cm³/mol. The zero-order valence-electron chi connectivity index (χ0n) is 14.1. The van der Waals surface area contributed by atoms with Crippen LogP contribution in [0.4, 0.5) is 0 Å². The van der Waals surface area contributed by atoms with Crippen LogP contribution < -0.4 is 14.2 Å². The summed E-state index contributed by atoms with van der Waals surface area (Å²) < 4.78 is 15.7. The van der Waals surface area contributed by atoms with E-state index in [1.54, 1.807) is 19.1 Å². The number of carboxylic acids is 1. The van der Waals surface area contributed by atoms with Crippen LogP contribution in [0.25, 0.3) is 0 Å². The smallest absolute Gasteiger partial charge is 0.340 e. The van der Waals surface area contributed by atoms with Gasteiger partial charge in [0, 0.05) is 5.56 Å². The summed E-state index contributed by atoms with van der Waals surface area (Å²) in [7, 11) is 4.24. The highest BCUT2D eigenvalue weighted by molar-refractivity contribution is 6.08. The Morgan fingerprint density at radius 2 is 1.76 bits per heavy atom. The zero-order valence-corrected chi connectivity index (χ0v) is 14.1. The summed E-state index contributed by atoms with van der Waals surface area (Å²) in [5, 5.41) is 13.3. The highest BCUT2D eigenvalue weighted by atomic mass is 16.6. The van der Waals surface area contributed by atoms with Gasteiger partial charge in [0.05, 0.1) is 26.0 Å². The summed E-state index contributed by atoms with van der Waals surface area (Å²) in [6, 6.07) is 6.07. The molecule has 1 aromatic carbocycles. The molecule has 0 aliphatic heterocycles. The van der Waals surface area contributed by atoms with Gasteiger partial charge in [0.25, 0.3) is 0 Å². The van der Waals surface area contributed by atoms with E-state index in [2.05, 4.69) is 15.1 Å². The lowest BCUT2D eigenvalue weighted by Crippen LogP contribution is -2.10. The van der Waals surface area contributed by atoms with Crippen molar-refractivity contribution in [3.05, 3.63) is 35.4 Å². The SMILES string of the molecule is CO/N=C(/C)c1cccc(Oc2nc(OC)cc(OC)n2)c1C(=O)O. The van der Waals surface area contributed by atoms with Crippen LogP contribution in [0.1, 0.15) is 22.8 Å². The van der Waals surface area contributed by atoms with Crippen molar-refractivity contribution < 1.29 is 28.9 Å². The molecule has 0 saturated carbocycles. The van der Waals surface area contributed by atoms with Crippen LogP contribution in [0.15, 0.2) is 29.4 Å². The number of hydrogen-bond donors (Lipinski definition) is 1. The molecule has 9 nitrogen and oxygen atoms in total. The van der Waals surface area contributed by atoms with E-state index in [0.29, 0.717) is 11.3 Å². The highest BCUT2D eigenvalue weighted by Crippen LogP contribution is 2.29. The number of aromatic carboxylic acids is 1. The number of rotatable bonds is 7. The van der Waals surface area contributed by atoms with Gasteiger partial charge < -0.3 is 24.2 Å². The number of ether oxygens (including phenoxy) is 3. The molecule has 2 aromatic rings. The van der Waals surface area contributed by atoms with Crippen LogP contribution in [0.2, 0.25) is 0 Å². The first-order valence-electron chi connectivity index (χ1n) is 7.09. The molecule has 25 heavy (non-hydrogen) atoms. The summed E-state index contributed by atoms with van der Waals surface area (Å²) in [5.74, 6) is -0.712. The molecule has 0 unspecified atom stereocenters. The Bertz CT molecular complexity index is 784. The molecule has 0 amide bonds. The maximum absolute atomic E-state index is 11.7. The molecule has 0 atom stereocenters. The van der Waals surface area contributed by atoms with Gasteiger partial charge in [0.2, 0.25) is 11.8 Å². The lowest BCUT2D eigenvalue weighted by Gasteiger charge is -2.12. The summed E-state index contributed by atoms with van der Waals surface area (Å²) in [5.41, 5.74) is 0.641. The molecule has 0 fully saturated rings. The number of methoxy groups -OCH3 is 2. The number of nitrogens with zero attached hydrogens (tertiary/aromatic N) is 3. The number of aromatic nitrogens is 2. The van der Waals surface area contributed by atoms with Crippen LogP contribution in [-0.2, 0) is 4.84 Å². The number of oxime groups is 1. The second-order valence-electron chi connectivity index (χ2n) is 4.68. The van der Waals surface area contributed by atoms with Gasteiger partial charge in [-0.3, -0.25) is 0 Å². The van der Waals surface area contributed by atoms with Gasteiger partial charge in [-0.25, -0.2) is 4.79 Å². The van der Waals surface area contributed by atoms with Crippen LogP contribution in [0.3, 0.4) is 0 Å². The van der Waals surface area contributed by atoms with Crippen LogP contribution in [-0.4, -0.2) is 48.1 Å². The second kappa shape index (κ2) is 7.95. The number of carbonyl (C=O) groups is 1. The summed E-state index contributed by atoms with van der Waals surface area (Å²) >= 11 is 0. The summed E-state index contributed by atoms with van der Waals surface area (Å²) in [6.07, 6.45) is 0. The minimum Gasteiger partial charge on any atom is -0.481 e. The normalized spacial score (nSPS) is 11.0. The molecule has 0 aliphatic rings. The molecule has 9 heteroatoms. The van der Waals surface area contributed by atoms with Gasteiger partial charge in [-0.15, -0.1) is 0 Å². The van der Waals surface area contributed by atoms with Gasteiger partial charge in [0.15, 0.2) is 0 Å². The lowest BCUT2D eigenvalue weighted by atomic mass is 10.0. The molecule has 2 rings (SSSR count). The molecule has 0 radical (unpaired) electrons. The van der Waals surface area contributed by atoms with E-state index in [9.17, 15) is 9.90 Å². The molecule has 1 heterocycles. The third-order valence-corrected chi connectivity index (χ3v) is 3.14. The standard InChI is InChI=1S/C16H17N3O6/c1-9(19-24-4)10-6-5-7-11(14(10)15(20)21)25-16-17-12(22-2)8-13(18-16)23-3/h5-8H,1-4H3,(H,20,21)/b19-9-. The van der Waals surface area contributed by atoms with Crippen LogP contribution >= 0.6 is 0 Å². The minimum absolute atomic E-state index is 0.0472. The van der Waals surface area contributed by atoms with Crippen molar-refractivity contribution in [1.82, 2.24) is 9.97 Å². The Kier molecular flexibility index (Phi) is 5.72. The molecule has 1 N–H and O–H groups in total. The highest BCUT2D eigenvalue weighted by Gasteiger charge is 2.20. The minimum atomic E-state index is -1.19. The maximum atomic E-state index is 11.7. The summed E-state index contributed by atoms with van der Waals surface area (Å²) in [4.78, 5) is 24.5. The van der Waals surface area contributed by atoms with Crippen molar-refractivity contribution in [2.45, 2.75) is 6.92 Å². The van der Waals surface area contributed by atoms with E-state index in [0.717, 1.165) is 0 Å². The van der Waals surface area contributed by atoms with Crippen molar-refractivity contribution in [2.75, 3.05) is 21.3 Å². The number of benzene rings is 1. The van der Waals surface area contributed by atoms with E-state index in [4.69, 9.17) is 19.0 Å². The van der Waals surface area contributed by atoms with E-state index in [1.807, 2.05) is 0 Å². The van der Waals surface area contributed by atoms with Crippen molar-refractivity contribution in [3.8, 4) is 23.5 Å². The third kappa shape index (κ3) is 4.14. The Morgan fingerprint density at radius 3 is 2.28 bits per heavy atom. The van der Waals surface area contributed by atoms with Crippen molar-refractivity contribution in [2.24, 2.45) is 5.16 Å². The van der Waals surface area contributed by atoms with E-state index in [-0.39, 0.29) is 29.1 Å². The fourth-order valence-corrected chi connectivity index (χ4v) is 2.06. The molecular formula is C16H17N3O6. The van der Waals surface area contributed by atoms with E-state index >= 15 is 0 Å². The third-order valence-electron chi connectivity index (χ3n) is 3.14. The van der Waals surface area contributed by atoms with Crippen molar-refractivity contribution in [3.63, 3.8) is 0 Å². The number of carboxylic acid groups (broad SMARTS) is 1. The van der Waals surface area contributed by atoms with Crippen molar-refractivity contribution >= 4 is 11.7 Å². The van der Waals surface area contributed by atoms with Crippen molar-refractivity contribution in [1.29, 1.82) is 0 Å². The molecule has 1 aromatic heterocycles. The maximum Gasteiger partial charge on any atom is 0.340 e.